The number of carbonyl (C=O) groups is 1. The number of anilines is 1. The van der Waals surface area contributed by atoms with E-state index in [0.29, 0.717) is 6.54 Å². The molecule has 1 aromatic heterocycles. The topological polar surface area (TPSA) is 71.2 Å². The van der Waals surface area contributed by atoms with Crippen molar-refractivity contribution in [1.29, 1.82) is 0 Å². The number of rotatable bonds is 5. The number of halogens is 2. The van der Waals surface area contributed by atoms with Crippen LogP contribution in [-0.2, 0) is 11.3 Å². The highest BCUT2D eigenvalue weighted by Gasteiger charge is 2.17. The van der Waals surface area contributed by atoms with Crippen LogP contribution in [0.5, 0.6) is 0 Å². The van der Waals surface area contributed by atoms with Gasteiger partial charge in [0.2, 0.25) is 5.91 Å². The Bertz CT molecular complexity index is 447. The van der Waals surface area contributed by atoms with Crippen LogP contribution in [0, 0.1) is 5.92 Å². The van der Waals surface area contributed by atoms with Gasteiger partial charge in [-0.15, -0.1) is 24.8 Å². The predicted octanol–water partition coefficient (Wildman–Crippen LogP) is 2.12. The summed E-state index contributed by atoms with van der Waals surface area (Å²) in [6.45, 7) is 6.54. The number of nitrogens with zero attached hydrogens (tertiary/aromatic N) is 2. The predicted molar refractivity (Wildman–Crippen MR) is 94.8 cm³/mol. The van der Waals surface area contributed by atoms with E-state index in [2.05, 4.69) is 15.2 Å². The van der Waals surface area contributed by atoms with Gasteiger partial charge < -0.3 is 16.0 Å². The van der Waals surface area contributed by atoms with Gasteiger partial charge in [-0.3, -0.25) is 4.79 Å². The summed E-state index contributed by atoms with van der Waals surface area (Å²) in [5.41, 5.74) is 6.79. The molecule has 0 spiro atoms. The van der Waals surface area contributed by atoms with Crippen LogP contribution in [0.25, 0.3) is 0 Å². The molecule has 3 N–H and O–H groups in total. The van der Waals surface area contributed by atoms with Crippen LogP contribution in [0.1, 0.15) is 32.3 Å². The molecule has 5 nitrogen and oxygen atoms in total. The lowest BCUT2D eigenvalue weighted by Crippen LogP contribution is -2.43. The number of pyridine rings is 1. The van der Waals surface area contributed by atoms with Crippen molar-refractivity contribution in [2.75, 3.05) is 18.0 Å². The average Bonchev–Trinajstić information content (AvgIpc) is 2.98. The van der Waals surface area contributed by atoms with Gasteiger partial charge in [0.15, 0.2) is 0 Å². The molecule has 1 aliphatic rings. The Balaban J connectivity index is 0.00000220. The number of hydrogen-bond donors (Lipinski definition) is 2. The molecule has 1 unspecified atom stereocenters. The summed E-state index contributed by atoms with van der Waals surface area (Å²) in [5.74, 6) is 1.06. The Morgan fingerprint density at radius 2 is 1.95 bits per heavy atom. The minimum Gasteiger partial charge on any atom is -0.357 e. The molecule has 0 bridgehead atoms. The highest BCUT2D eigenvalue weighted by Crippen LogP contribution is 2.17. The number of nitrogens with one attached hydrogen (secondary N) is 1. The normalized spacial score (nSPS) is 15.0. The molecule has 0 saturated carbocycles. The maximum atomic E-state index is 11.8. The first-order chi connectivity index (χ1) is 9.58. The van der Waals surface area contributed by atoms with Crippen LogP contribution in [-0.4, -0.2) is 30.0 Å². The quantitative estimate of drug-likeness (QED) is 0.854. The van der Waals surface area contributed by atoms with Gasteiger partial charge in [-0.1, -0.05) is 19.9 Å². The first kappa shape index (κ1) is 21.0. The van der Waals surface area contributed by atoms with E-state index in [9.17, 15) is 4.79 Å². The molecule has 1 fully saturated rings. The molecule has 2 heterocycles. The fourth-order valence-electron chi connectivity index (χ4n) is 2.26. The molecule has 1 amide bonds. The minimum atomic E-state index is -0.452. The fraction of sp³-hybridized carbons (Fsp3) is 0.600. The third-order valence-corrected chi connectivity index (χ3v) is 3.73. The molecule has 1 atom stereocenters. The van der Waals surface area contributed by atoms with Crippen molar-refractivity contribution in [3.8, 4) is 0 Å². The zero-order chi connectivity index (χ0) is 14.5. The molecular formula is C15H26Cl2N4O. The van der Waals surface area contributed by atoms with E-state index in [1.165, 1.54) is 12.8 Å². The summed E-state index contributed by atoms with van der Waals surface area (Å²) in [5, 5.41) is 2.85. The number of carbonyl (C=O) groups excluding carboxylic acids is 1. The van der Waals surface area contributed by atoms with E-state index in [-0.39, 0.29) is 36.6 Å². The second-order valence-electron chi connectivity index (χ2n) is 5.71. The molecule has 22 heavy (non-hydrogen) atoms. The number of amides is 1. The second kappa shape index (κ2) is 9.87. The standard InChI is InChI=1S/C15H24N4O.2ClH/c1-11(2)14(16)15(20)18-10-12-5-6-13(17-9-12)19-7-3-4-8-19;;/h5-6,9,11,14H,3-4,7-8,10,16H2,1-2H3,(H,18,20);2*1H. The van der Waals surface area contributed by atoms with Gasteiger partial charge in [0, 0.05) is 25.8 Å². The van der Waals surface area contributed by atoms with Crippen molar-refractivity contribution in [1.82, 2.24) is 10.3 Å². The van der Waals surface area contributed by atoms with Gasteiger partial charge in [0.1, 0.15) is 5.82 Å². The molecule has 1 aromatic rings. The van der Waals surface area contributed by atoms with Crippen LogP contribution in [0.2, 0.25) is 0 Å². The lowest BCUT2D eigenvalue weighted by atomic mass is 10.1. The highest BCUT2D eigenvalue weighted by molar-refractivity contribution is 5.85. The van der Waals surface area contributed by atoms with Gasteiger partial charge in [-0.05, 0) is 30.4 Å². The fourth-order valence-corrected chi connectivity index (χ4v) is 2.26. The average molecular weight is 349 g/mol. The van der Waals surface area contributed by atoms with Crippen LogP contribution >= 0.6 is 24.8 Å². The molecule has 1 saturated heterocycles. The van der Waals surface area contributed by atoms with Crippen LogP contribution in [0.15, 0.2) is 18.3 Å². The van der Waals surface area contributed by atoms with E-state index >= 15 is 0 Å². The monoisotopic (exact) mass is 348 g/mol. The first-order valence-corrected chi connectivity index (χ1v) is 7.31. The largest absolute Gasteiger partial charge is 0.357 e. The summed E-state index contributed by atoms with van der Waals surface area (Å²) < 4.78 is 0. The molecule has 1 aliphatic heterocycles. The maximum Gasteiger partial charge on any atom is 0.237 e. The summed E-state index contributed by atoms with van der Waals surface area (Å²) in [6, 6.07) is 3.59. The van der Waals surface area contributed by atoms with Crippen molar-refractivity contribution in [2.45, 2.75) is 39.3 Å². The zero-order valence-electron chi connectivity index (χ0n) is 13.1. The summed E-state index contributed by atoms with van der Waals surface area (Å²) >= 11 is 0. The lowest BCUT2D eigenvalue weighted by molar-refractivity contribution is -0.123. The number of hydrogen-bond acceptors (Lipinski definition) is 4. The highest BCUT2D eigenvalue weighted by atomic mass is 35.5. The lowest BCUT2D eigenvalue weighted by Gasteiger charge is -2.17. The summed E-state index contributed by atoms with van der Waals surface area (Å²) in [4.78, 5) is 18.5. The molecule has 2 rings (SSSR count). The summed E-state index contributed by atoms with van der Waals surface area (Å²) in [7, 11) is 0. The van der Waals surface area contributed by atoms with Gasteiger partial charge in [-0.2, -0.15) is 0 Å². The van der Waals surface area contributed by atoms with E-state index in [1.54, 1.807) is 0 Å². The van der Waals surface area contributed by atoms with E-state index in [4.69, 9.17) is 5.73 Å². The van der Waals surface area contributed by atoms with Gasteiger partial charge in [-0.25, -0.2) is 4.98 Å². The summed E-state index contributed by atoms with van der Waals surface area (Å²) in [6.07, 6.45) is 4.31. The smallest absolute Gasteiger partial charge is 0.237 e. The Morgan fingerprint density at radius 1 is 1.32 bits per heavy atom. The van der Waals surface area contributed by atoms with Gasteiger partial charge in [0.25, 0.3) is 0 Å². The van der Waals surface area contributed by atoms with Crippen LogP contribution < -0.4 is 16.0 Å². The first-order valence-electron chi connectivity index (χ1n) is 7.31. The third-order valence-electron chi connectivity index (χ3n) is 3.73. The SMILES string of the molecule is CC(C)C(N)C(=O)NCc1ccc(N2CCCC2)nc1.Cl.Cl. The number of nitrogens with two attached hydrogens (primary N) is 1. The van der Waals surface area contributed by atoms with E-state index in [1.807, 2.05) is 32.2 Å². The second-order valence-corrected chi connectivity index (χ2v) is 5.71. The van der Waals surface area contributed by atoms with E-state index < -0.39 is 6.04 Å². The third kappa shape index (κ3) is 5.63. The van der Waals surface area contributed by atoms with Crippen molar-refractivity contribution in [3.05, 3.63) is 23.9 Å². The van der Waals surface area contributed by atoms with Gasteiger partial charge >= 0.3 is 0 Å². The van der Waals surface area contributed by atoms with Gasteiger partial charge in [0.05, 0.1) is 6.04 Å². The molecule has 0 aromatic carbocycles. The molecule has 0 radical (unpaired) electrons. The van der Waals surface area contributed by atoms with E-state index in [0.717, 1.165) is 24.5 Å². The molecule has 0 aliphatic carbocycles. The number of aromatic nitrogens is 1. The van der Waals surface area contributed by atoms with Crippen molar-refractivity contribution in [2.24, 2.45) is 11.7 Å². The molecule has 126 valence electrons. The molecule has 7 heteroatoms. The minimum absolute atomic E-state index is 0. The maximum absolute atomic E-state index is 11.8. The zero-order valence-corrected chi connectivity index (χ0v) is 14.8. The Hall–Kier alpha value is -1.04. The molecular weight excluding hydrogens is 323 g/mol. The Morgan fingerprint density at radius 3 is 2.45 bits per heavy atom. The van der Waals surface area contributed by atoms with Crippen LogP contribution in [0.3, 0.4) is 0 Å². The van der Waals surface area contributed by atoms with Crippen molar-refractivity contribution in [3.63, 3.8) is 0 Å². The van der Waals surface area contributed by atoms with Crippen molar-refractivity contribution >= 4 is 36.5 Å². The Kier molecular flexibility index (Phi) is 9.41. The van der Waals surface area contributed by atoms with Crippen LogP contribution in [0.4, 0.5) is 5.82 Å². The van der Waals surface area contributed by atoms with Crippen molar-refractivity contribution < 1.29 is 4.79 Å². The Labute approximate surface area is 144 Å².